The van der Waals surface area contributed by atoms with Crippen LogP contribution in [0.3, 0.4) is 0 Å². The summed E-state index contributed by atoms with van der Waals surface area (Å²) in [5, 5.41) is 4.13. The molecule has 0 atom stereocenters. The first-order valence-electron chi connectivity index (χ1n) is 8.09. The molecule has 0 amide bonds. The van der Waals surface area contributed by atoms with Crippen molar-refractivity contribution in [1.29, 1.82) is 0 Å². The van der Waals surface area contributed by atoms with Gasteiger partial charge in [-0.1, -0.05) is 43.1 Å². The van der Waals surface area contributed by atoms with Crippen LogP contribution in [0, 0.1) is 0 Å². The topological polar surface area (TPSA) is 30.5 Å². The fourth-order valence-corrected chi connectivity index (χ4v) is 3.11. The zero-order valence-corrected chi connectivity index (χ0v) is 16.4. The van der Waals surface area contributed by atoms with Crippen LogP contribution >= 0.6 is 27.5 Å². The number of benzene rings is 2. The molecular weight excluding hydrogens is 390 g/mol. The van der Waals surface area contributed by atoms with Crippen molar-refractivity contribution >= 4 is 27.5 Å². The fraction of sp³-hybridized carbons (Fsp3) is 0.368. The van der Waals surface area contributed by atoms with Crippen molar-refractivity contribution in [2.75, 3.05) is 13.7 Å². The van der Waals surface area contributed by atoms with Crippen LogP contribution in [0.15, 0.2) is 40.9 Å². The molecule has 0 radical (unpaired) electrons. The van der Waals surface area contributed by atoms with Crippen LogP contribution < -0.4 is 14.8 Å². The van der Waals surface area contributed by atoms with E-state index in [1.165, 1.54) is 12.8 Å². The maximum Gasteiger partial charge on any atom is 0.175 e. The molecule has 2 rings (SSSR count). The highest BCUT2D eigenvalue weighted by Gasteiger charge is 2.12. The number of hydrogen-bond acceptors (Lipinski definition) is 3. The van der Waals surface area contributed by atoms with Gasteiger partial charge in [-0.05, 0) is 52.7 Å². The summed E-state index contributed by atoms with van der Waals surface area (Å²) in [6, 6.07) is 11.7. The van der Waals surface area contributed by atoms with Crippen molar-refractivity contribution in [3.05, 3.63) is 57.0 Å². The summed E-state index contributed by atoms with van der Waals surface area (Å²) in [5.74, 6) is 1.40. The Labute approximate surface area is 157 Å². The Bertz CT molecular complexity index is 664. The van der Waals surface area contributed by atoms with Crippen molar-refractivity contribution in [3.8, 4) is 11.5 Å². The normalized spacial score (nSPS) is 10.7. The number of methoxy groups -OCH3 is 1. The van der Waals surface area contributed by atoms with Crippen LogP contribution in [0.25, 0.3) is 0 Å². The molecule has 2 aromatic rings. The first kappa shape index (κ1) is 19.1. The third-order valence-electron chi connectivity index (χ3n) is 3.66. The number of hydrogen-bond donors (Lipinski definition) is 1. The standard InChI is InChI=1S/C19H23BrClNO2/c1-3-4-9-22-12-14-10-16(20)19(18(11-14)23-2)24-13-15-7-5-6-8-17(15)21/h5-8,10-11,22H,3-4,9,12-13H2,1-2H3. The minimum absolute atomic E-state index is 0.392. The van der Waals surface area contributed by atoms with E-state index in [4.69, 9.17) is 21.1 Å². The number of nitrogens with one attached hydrogen (secondary N) is 1. The van der Waals surface area contributed by atoms with Crippen molar-refractivity contribution in [1.82, 2.24) is 5.32 Å². The maximum absolute atomic E-state index is 6.18. The Morgan fingerprint density at radius 1 is 1.21 bits per heavy atom. The highest BCUT2D eigenvalue weighted by molar-refractivity contribution is 9.10. The Morgan fingerprint density at radius 2 is 2.00 bits per heavy atom. The molecule has 5 heteroatoms. The fourth-order valence-electron chi connectivity index (χ4n) is 2.32. The minimum atomic E-state index is 0.392. The Morgan fingerprint density at radius 3 is 2.71 bits per heavy atom. The molecule has 2 aromatic carbocycles. The lowest BCUT2D eigenvalue weighted by Gasteiger charge is -2.15. The van der Waals surface area contributed by atoms with Crippen LogP contribution in [-0.2, 0) is 13.2 Å². The van der Waals surface area contributed by atoms with E-state index in [1.54, 1.807) is 7.11 Å². The molecule has 0 aliphatic heterocycles. The third kappa shape index (κ3) is 5.40. The summed E-state index contributed by atoms with van der Waals surface area (Å²) in [7, 11) is 1.65. The van der Waals surface area contributed by atoms with E-state index in [2.05, 4.69) is 34.2 Å². The van der Waals surface area contributed by atoms with Gasteiger partial charge in [0.1, 0.15) is 6.61 Å². The zero-order valence-electron chi connectivity index (χ0n) is 14.1. The molecule has 0 saturated carbocycles. The minimum Gasteiger partial charge on any atom is -0.493 e. The molecule has 1 N–H and O–H groups in total. The van der Waals surface area contributed by atoms with Crippen molar-refractivity contribution in [2.24, 2.45) is 0 Å². The predicted octanol–water partition coefficient (Wildman–Crippen LogP) is 5.58. The first-order valence-corrected chi connectivity index (χ1v) is 9.26. The molecule has 0 unspecified atom stereocenters. The van der Waals surface area contributed by atoms with Gasteiger partial charge in [0, 0.05) is 17.1 Å². The van der Waals surface area contributed by atoms with Crippen LogP contribution in [-0.4, -0.2) is 13.7 Å². The Balaban J connectivity index is 2.08. The molecule has 0 bridgehead atoms. The van der Waals surface area contributed by atoms with E-state index < -0.39 is 0 Å². The van der Waals surface area contributed by atoms with Gasteiger partial charge in [0.05, 0.1) is 11.6 Å². The second-order valence-corrected chi connectivity index (χ2v) is 6.78. The molecule has 0 saturated heterocycles. The summed E-state index contributed by atoms with van der Waals surface area (Å²) in [6.45, 7) is 4.40. The van der Waals surface area contributed by atoms with Gasteiger partial charge < -0.3 is 14.8 Å². The lowest BCUT2D eigenvalue weighted by molar-refractivity contribution is 0.282. The van der Waals surface area contributed by atoms with E-state index in [1.807, 2.05) is 30.3 Å². The lowest BCUT2D eigenvalue weighted by atomic mass is 10.2. The molecule has 0 aromatic heterocycles. The Hall–Kier alpha value is -1.23. The average molecular weight is 413 g/mol. The smallest absolute Gasteiger partial charge is 0.175 e. The van der Waals surface area contributed by atoms with Gasteiger partial charge >= 0.3 is 0 Å². The van der Waals surface area contributed by atoms with E-state index in [0.29, 0.717) is 23.1 Å². The van der Waals surface area contributed by atoms with Gasteiger partial charge in [0.15, 0.2) is 11.5 Å². The van der Waals surface area contributed by atoms with Crippen LogP contribution in [0.2, 0.25) is 5.02 Å². The Kier molecular flexibility index (Phi) is 7.89. The molecule has 0 fully saturated rings. The average Bonchev–Trinajstić information content (AvgIpc) is 2.58. The van der Waals surface area contributed by atoms with E-state index in [9.17, 15) is 0 Å². The second-order valence-electron chi connectivity index (χ2n) is 5.52. The molecule has 130 valence electrons. The third-order valence-corrected chi connectivity index (χ3v) is 4.61. The summed E-state index contributed by atoms with van der Waals surface area (Å²) in [6.07, 6.45) is 2.37. The number of rotatable bonds is 9. The second kappa shape index (κ2) is 9.92. The summed E-state index contributed by atoms with van der Waals surface area (Å²) >= 11 is 9.77. The summed E-state index contributed by atoms with van der Waals surface area (Å²) < 4.78 is 12.3. The van der Waals surface area contributed by atoms with Gasteiger partial charge in [-0.25, -0.2) is 0 Å². The van der Waals surface area contributed by atoms with Crippen LogP contribution in [0.1, 0.15) is 30.9 Å². The van der Waals surface area contributed by atoms with Crippen LogP contribution in [0.5, 0.6) is 11.5 Å². The molecule has 0 spiro atoms. The van der Waals surface area contributed by atoms with Gasteiger partial charge in [0.2, 0.25) is 0 Å². The number of unbranched alkanes of at least 4 members (excludes halogenated alkanes) is 1. The van der Waals surface area contributed by atoms with Crippen molar-refractivity contribution < 1.29 is 9.47 Å². The van der Waals surface area contributed by atoms with E-state index >= 15 is 0 Å². The monoisotopic (exact) mass is 411 g/mol. The first-order chi connectivity index (χ1) is 11.7. The molecule has 3 nitrogen and oxygen atoms in total. The highest BCUT2D eigenvalue weighted by Crippen LogP contribution is 2.37. The molecule has 24 heavy (non-hydrogen) atoms. The van der Waals surface area contributed by atoms with Crippen LogP contribution in [0.4, 0.5) is 0 Å². The number of halogens is 2. The number of ether oxygens (including phenoxy) is 2. The maximum atomic E-state index is 6.18. The highest BCUT2D eigenvalue weighted by atomic mass is 79.9. The molecule has 0 heterocycles. The summed E-state index contributed by atoms with van der Waals surface area (Å²) in [5.41, 5.74) is 2.10. The van der Waals surface area contributed by atoms with E-state index in [-0.39, 0.29) is 0 Å². The molecular formula is C19H23BrClNO2. The van der Waals surface area contributed by atoms with Gasteiger partial charge in [0.25, 0.3) is 0 Å². The van der Waals surface area contributed by atoms with Crippen molar-refractivity contribution in [3.63, 3.8) is 0 Å². The lowest BCUT2D eigenvalue weighted by Crippen LogP contribution is -2.14. The largest absolute Gasteiger partial charge is 0.493 e. The molecule has 0 aliphatic rings. The van der Waals surface area contributed by atoms with E-state index in [0.717, 1.165) is 28.7 Å². The van der Waals surface area contributed by atoms with Gasteiger partial charge in [-0.15, -0.1) is 0 Å². The quantitative estimate of drug-likeness (QED) is 0.545. The summed E-state index contributed by atoms with van der Waals surface area (Å²) in [4.78, 5) is 0. The zero-order chi connectivity index (χ0) is 17.4. The predicted molar refractivity (Wildman–Crippen MR) is 103 cm³/mol. The van der Waals surface area contributed by atoms with Gasteiger partial charge in [-0.2, -0.15) is 0 Å². The van der Waals surface area contributed by atoms with Gasteiger partial charge in [-0.3, -0.25) is 0 Å². The van der Waals surface area contributed by atoms with Crippen molar-refractivity contribution in [2.45, 2.75) is 32.9 Å². The molecule has 0 aliphatic carbocycles. The SMILES string of the molecule is CCCCNCc1cc(Br)c(OCc2ccccc2Cl)c(OC)c1.